The van der Waals surface area contributed by atoms with Gasteiger partial charge in [-0.15, -0.1) is 0 Å². The summed E-state index contributed by atoms with van der Waals surface area (Å²) in [5.74, 6) is 0.743. The summed E-state index contributed by atoms with van der Waals surface area (Å²) in [6.07, 6.45) is 11.8. The Morgan fingerprint density at radius 3 is 2.69 bits per heavy atom. The van der Waals surface area contributed by atoms with Gasteiger partial charge in [-0.2, -0.15) is 0 Å². The van der Waals surface area contributed by atoms with E-state index in [-0.39, 0.29) is 0 Å². The largest absolute Gasteiger partial charge is 0.0998 e. The molecule has 0 spiro atoms. The molecule has 0 nitrogen and oxygen atoms in total. The highest BCUT2D eigenvalue weighted by Gasteiger charge is 2.21. The zero-order chi connectivity index (χ0) is 11.5. The Morgan fingerprint density at radius 2 is 2.12 bits per heavy atom. The molecule has 0 heteroatoms. The fourth-order valence-electron chi connectivity index (χ4n) is 3.09. The molecule has 2 aliphatic rings. The van der Waals surface area contributed by atoms with E-state index in [1.54, 1.807) is 16.7 Å². The SMILES string of the molecule is C=C(C)C1CCC(C2=CCCCC2)=C(C)C1. The van der Waals surface area contributed by atoms with Gasteiger partial charge in [-0.3, -0.25) is 0 Å². The van der Waals surface area contributed by atoms with Crippen LogP contribution in [0.25, 0.3) is 0 Å². The molecule has 0 radical (unpaired) electrons. The minimum absolute atomic E-state index is 0.743. The Balaban J connectivity index is 2.13. The number of rotatable bonds is 2. The third-order valence-corrected chi connectivity index (χ3v) is 4.19. The van der Waals surface area contributed by atoms with Crippen LogP contribution >= 0.6 is 0 Å². The zero-order valence-corrected chi connectivity index (χ0v) is 10.8. The van der Waals surface area contributed by atoms with Crippen molar-refractivity contribution in [2.45, 2.75) is 58.8 Å². The monoisotopic (exact) mass is 216 g/mol. The molecule has 88 valence electrons. The summed E-state index contributed by atoms with van der Waals surface area (Å²) in [5, 5.41) is 0. The third-order valence-electron chi connectivity index (χ3n) is 4.19. The Hall–Kier alpha value is -0.780. The fraction of sp³-hybridized carbons (Fsp3) is 0.625. The Bertz CT molecular complexity index is 341. The summed E-state index contributed by atoms with van der Waals surface area (Å²) in [6, 6.07) is 0. The number of hydrogen-bond donors (Lipinski definition) is 0. The molecule has 0 aromatic rings. The first-order valence-corrected chi connectivity index (χ1v) is 6.72. The highest BCUT2D eigenvalue weighted by Crippen LogP contribution is 2.38. The average molecular weight is 216 g/mol. The molecule has 0 heterocycles. The lowest BCUT2D eigenvalue weighted by Crippen LogP contribution is -2.12. The van der Waals surface area contributed by atoms with Crippen molar-refractivity contribution >= 4 is 0 Å². The van der Waals surface area contributed by atoms with Gasteiger partial charge in [0.25, 0.3) is 0 Å². The molecule has 0 fully saturated rings. The van der Waals surface area contributed by atoms with Crippen molar-refractivity contribution in [2.24, 2.45) is 5.92 Å². The minimum atomic E-state index is 0.743. The highest BCUT2D eigenvalue weighted by atomic mass is 14.3. The van der Waals surface area contributed by atoms with E-state index in [1.807, 2.05) is 0 Å². The summed E-state index contributed by atoms with van der Waals surface area (Å²) in [4.78, 5) is 0. The maximum atomic E-state index is 4.11. The molecular formula is C16H24. The van der Waals surface area contributed by atoms with Crippen molar-refractivity contribution < 1.29 is 0 Å². The number of hydrogen-bond acceptors (Lipinski definition) is 0. The zero-order valence-electron chi connectivity index (χ0n) is 10.8. The molecule has 0 aliphatic heterocycles. The normalized spacial score (nSPS) is 26.6. The number of allylic oxidation sites excluding steroid dienone is 5. The molecule has 16 heavy (non-hydrogen) atoms. The van der Waals surface area contributed by atoms with Gasteiger partial charge in [-0.1, -0.05) is 23.8 Å². The van der Waals surface area contributed by atoms with Crippen molar-refractivity contribution in [1.29, 1.82) is 0 Å². The predicted octanol–water partition coefficient (Wildman–Crippen LogP) is 5.18. The second kappa shape index (κ2) is 5.03. The van der Waals surface area contributed by atoms with Crippen LogP contribution in [0.2, 0.25) is 0 Å². The average Bonchev–Trinajstić information content (AvgIpc) is 2.30. The topological polar surface area (TPSA) is 0 Å². The van der Waals surface area contributed by atoms with E-state index in [0.29, 0.717) is 0 Å². The molecule has 0 bridgehead atoms. The summed E-state index contributed by atoms with van der Waals surface area (Å²) in [6.45, 7) is 8.63. The lowest BCUT2D eigenvalue weighted by Gasteiger charge is -2.28. The van der Waals surface area contributed by atoms with E-state index in [1.165, 1.54) is 50.5 Å². The molecule has 0 aromatic carbocycles. The molecule has 2 aliphatic carbocycles. The second-order valence-electron chi connectivity index (χ2n) is 5.52. The van der Waals surface area contributed by atoms with Crippen LogP contribution in [0.15, 0.2) is 34.9 Å². The first-order chi connectivity index (χ1) is 7.68. The van der Waals surface area contributed by atoms with E-state index >= 15 is 0 Å². The first-order valence-electron chi connectivity index (χ1n) is 6.72. The molecule has 0 saturated carbocycles. The maximum absolute atomic E-state index is 4.11. The van der Waals surface area contributed by atoms with Gasteiger partial charge in [0.2, 0.25) is 0 Å². The summed E-state index contributed by atoms with van der Waals surface area (Å²) < 4.78 is 0. The van der Waals surface area contributed by atoms with Gasteiger partial charge in [-0.25, -0.2) is 0 Å². The second-order valence-corrected chi connectivity index (χ2v) is 5.52. The molecule has 0 aromatic heterocycles. The van der Waals surface area contributed by atoms with Crippen molar-refractivity contribution in [3.63, 3.8) is 0 Å². The molecule has 0 amide bonds. The molecule has 1 unspecified atom stereocenters. The molecular weight excluding hydrogens is 192 g/mol. The lowest BCUT2D eigenvalue weighted by atomic mass is 9.77. The molecule has 0 N–H and O–H groups in total. The summed E-state index contributed by atoms with van der Waals surface area (Å²) in [5.41, 5.74) is 6.37. The van der Waals surface area contributed by atoms with Crippen molar-refractivity contribution in [1.82, 2.24) is 0 Å². The van der Waals surface area contributed by atoms with Crippen molar-refractivity contribution in [3.05, 3.63) is 34.9 Å². The van der Waals surface area contributed by atoms with Gasteiger partial charge in [-0.05, 0) is 75.9 Å². The fourth-order valence-corrected chi connectivity index (χ4v) is 3.09. The van der Waals surface area contributed by atoms with E-state index in [2.05, 4.69) is 26.5 Å². The van der Waals surface area contributed by atoms with Gasteiger partial charge in [0.05, 0.1) is 0 Å². The Labute approximate surface area is 100 Å². The van der Waals surface area contributed by atoms with E-state index in [4.69, 9.17) is 0 Å². The lowest BCUT2D eigenvalue weighted by molar-refractivity contribution is 0.519. The minimum Gasteiger partial charge on any atom is -0.0998 e. The molecule has 1 atom stereocenters. The van der Waals surface area contributed by atoms with Crippen LogP contribution in [-0.2, 0) is 0 Å². The van der Waals surface area contributed by atoms with Crippen LogP contribution in [0, 0.1) is 5.92 Å². The highest BCUT2D eigenvalue weighted by molar-refractivity contribution is 5.37. The standard InChI is InChI=1S/C16H24/c1-12(2)15-9-10-16(13(3)11-15)14-7-5-4-6-8-14/h7,15H,1,4-6,8-11H2,2-3H3. The summed E-state index contributed by atoms with van der Waals surface area (Å²) >= 11 is 0. The summed E-state index contributed by atoms with van der Waals surface area (Å²) in [7, 11) is 0. The van der Waals surface area contributed by atoms with E-state index < -0.39 is 0 Å². The van der Waals surface area contributed by atoms with Crippen molar-refractivity contribution in [3.8, 4) is 0 Å². The van der Waals surface area contributed by atoms with E-state index in [9.17, 15) is 0 Å². The van der Waals surface area contributed by atoms with Gasteiger partial charge in [0.1, 0.15) is 0 Å². The first kappa shape index (κ1) is 11.7. The van der Waals surface area contributed by atoms with Gasteiger partial charge >= 0.3 is 0 Å². The van der Waals surface area contributed by atoms with Gasteiger partial charge < -0.3 is 0 Å². The van der Waals surface area contributed by atoms with E-state index in [0.717, 1.165) is 5.92 Å². The predicted molar refractivity (Wildman–Crippen MR) is 71.4 cm³/mol. The molecule has 0 saturated heterocycles. The quantitative estimate of drug-likeness (QED) is 0.558. The Morgan fingerprint density at radius 1 is 1.31 bits per heavy atom. The van der Waals surface area contributed by atoms with Crippen LogP contribution in [0.3, 0.4) is 0 Å². The van der Waals surface area contributed by atoms with Crippen molar-refractivity contribution in [2.75, 3.05) is 0 Å². The third kappa shape index (κ3) is 2.48. The van der Waals surface area contributed by atoms with Crippen LogP contribution in [0.5, 0.6) is 0 Å². The van der Waals surface area contributed by atoms with Crippen LogP contribution in [0.4, 0.5) is 0 Å². The maximum Gasteiger partial charge on any atom is -0.0168 e. The van der Waals surface area contributed by atoms with Gasteiger partial charge in [0, 0.05) is 0 Å². The van der Waals surface area contributed by atoms with Crippen LogP contribution < -0.4 is 0 Å². The van der Waals surface area contributed by atoms with Crippen LogP contribution in [-0.4, -0.2) is 0 Å². The Kier molecular flexibility index (Phi) is 3.68. The smallest absolute Gasteiger partial charge is 0.0168 e. The van der Waals surface area contributed by atoms with Crippen LogP contribution in [0.1, 0.15) is 58.8 Å². The molecule has 2 rings (SSSR count). The van der Waals surface area contributed by atoms with Gasteiger partial charge in [0.15, 0.2) is 0 Å².